The van der Waals surface area contributed by atoms with E-state index in [1.54, 1.807) is 12.4 Å². The Bertz CT molecular complexity index is 837. The van der Waals surface area contributed by atoms with Crippen LogP contribution in [0.5, 0.6) is 0 Å². The molecule has 2 atom stereocenters. The minimum atomic E-state index is -0.120. The third-order valence-electron chi connectivity index (χ3n) is 5.93. The Labute approximate surface area is 154 Å². The van der Waals surface area contributed by atoms with Crippen molar-refractivity contribution in [3.8, 4) is 0 Å². The number of carbonyl (C=O) groups excluding carboxylic acids is 2. The fourth-order valence-corrected chi connectivity index (χ4v) is 4.89. The van der Waals surface area contributed by atoms with Gasteiger partial charge in [-0.2, -0.15) is 0 Å². The first kappa shape index (κ1) is 17.0. The topological polar surface area (TPSA) is 76.3 Å². The van der Waals surface area contributed by atoms with Gasteiger partial charge in [0.05, 0.1) is 11.9 Å². The second kappa shape index (κ2) is 6.08. The monoisotopic (exact) mass is 351 g/mol. The van der Waals surface area contributed by atoms with E-state index < -0.39 is 0 Å². The Morgan fingerprint density at radius 1 is 1.23 bits per heavy atom. The van der Waals surface area contributed by atoms with E-state index in [0.717, 1.165) is 31.2 Å². The SMILES string of the molecule is CC1(C)CC(c2ccncc2N)CC(N2C(=O)C3=C(CCC=C3)C2=O)C1. The van der Waals surface area contributed by atoms with Crippen LogP contribution < -0.4 is 5.73 Å². The number of imide groups is 1. The summed E-state index contributed by atoms with van der Waals surface area (Å²) in [4.78, 5) is 31.5. The van der Waals surface area contributed by atoms with Crippen LogP contribution in [0.25, 0.3) is 0 Å². The van der Waals surface area contributed by atoms with Gasteiger partial charge >= 0.3 is 0 Å². The van der Waals surface area contributed by atoms with Gasteiger partial charge in [-0.25, -0.2) is 0 Å². The highest BCUT2D eigenvalue weighted by Gasteiger charge is 2.46. The van der Waals surface area contributed by atoms with Crippen molar-refractivity contribution in [1.29, 1.82) is 0 Å². The lowest BCUT2D eigenvalue weighted by molar-refractivity contribution is -0.142. The summed E-state index contributed by atoms with van der Waals surface area (Å²) in [5.41, 5.74) is 9.26. The number of nitrogens with zero attached hydrogens (tertiary/aromatic N) is 2. The Morgan fingerprint density at radius 3 is 2.77 bits per heavy atom. The maximum absolute atomic E-state index is 12.9. The predicted molar refractivity (Wildman–Crippen MR) is 100 cm³/mol. The average molecular weight is 351 g/mol. The van der Waals surface area contributed by atoms with Crippen LogP contribution in [-0.2, 0) is 9.59 Å². The Morgan fingerprint density at radius 2 is 2.04 bits per heavy atom. The van der Waals surface area contributed by atoms with E-state index in [4.69, 9.17) is 5.73 Å². The van der Waals surface area contributed by atoms with Crippen LogP contribution in [0.4, 0.5) is 5.69 Å². The van der Waals surface area contributed by atoms with E-state index >= 15 is 0 Å². The smallest absolute Gasteiger partial charge is 0.261 e. The maximum Gasteiger partial charge on any atom is 0.261 e. The fourth-order valence-electron chi connectivity index (χ4n) is 4.89. The largest absolute Gasteiger partial charge is 0.397 e. The standard InChI is InChI=1S/C21H25N3O2/c1-21(2)10-13(15-7-8-23-12-18(15)22)9-14(11-21)24-19(25)16-5-3-4-6-17(16)20(24)26/h3,5,7-8,12-14H,4,6,9-11,22H2,1-2H3. The molecule has 1 fully saturated rings. The molecule has 1 aromatic heterocycles. The van der Waals surface area contributed by atoms with Crippen LogP contribution in [0.2, 0.25) is 0 Å². The number of nitrogen functional groups attached to an aromatic ring is 1. The molecule has 0 spiro atoms. The van der Waals surface area contributed by atoms with Gasteiger partial charge in [0.2, 0.25) is 0 Å². The van der Waals surface area contributed by atoms with E-state index in [9.17, 15) is 9.59 Å². The number of hydrogen-bond donors (Lipinski definition) is 1. The highest BCUT2D eigenvalue weighted by molar-refractivity contribution is 6.21. The lowest BCUT2D eigenvalue weighted by Gasteiger charge is -2.43. The third kappa shape index (κ3) is 2.75. The number of allylic oxidation sites excluding steroid dienone is 1. The molecular formula is C21H25N3O2. The Kier molecular flexibility index (Phi) is 3.98. The molecule has 2 N–H and O–H groups in total. The highest BCUT2D eigenvalue weighted by atomic mass is 16.2. The average Bonchev–Trinajstić information content (AvgIpc) is 2.85. The molecule has 1 saturated carbocycles. The fraction of sp³-hybridized carbons (Fsp3) is 0.476. The molecule has 5 nitrogen and oxygen atoms in total. The minimum absolute atomic E-state index is 0.0305. The number of pyridine rings is 1. The van der Waals surface area contributed by atoms with E-state index in [0.29, 0.717) is 23.3 Å². The Hall–Kier alpha value is -2.43. The van der Waals surface area contributed by atoms with Crippen LogP contribution in [0, 0.1) is 5.41 Å². The summed E-state index contributed by atoms with van der Waals surface area (Å²) in [6.45, 7) is 4.42. The summed E-state index contributed by atoms with van der Waals surface area (Å²) in [5, 5.41) is 0. The second-order valence-corrected chi connectivity index (χ2v) is 8.48. The molecule has 0 radical (unpaired) electrons. The molecule has 0 aromatic carbocycles. The number of hydrogen-bond acceptors (Lipinski definition) is 4. The van der Waals surface area contributed by atoms with Crippen molar-refractivity contribution >= 4 is 17.5 Å². The lowest BCUT2D eigenvalue weighted by atomic mass is 9.67. The van der Waals surface area contributed by atoms with Crippen molar-refractivity contribution in [2.45, 2.75) is 57.9 Å². The first-order valence-corrected chi connectivity index (χ1v) is 9.34. The van der Waals surface area contributed by atoms with Gasteiger partial charge in [0.25, 0.3) is 11.8 Å². The molecule has 136 valence electrons. The van der Waals surface area contributed by atoms with E-state index in [-0.39, 0.29) is 29.2 Å². The Balaban J connectivity index is 1.65. The van der Waals surface area contributed by atoms with E-state index in [1.165, 1.54) is 4.90 Å². The molecule has 1 aromatic rings. The van der Waals surface area contributed by atoms with Gasteiger partial charge in [-0.05, 0) is 55.1 Å². The van der Waals surface area contributed by atoms with Gasteiger partial charge in [0, 0.05) is 23.4 Å². The number of rotatable bonds is 2. The van der Waals surface area contributed by atoms with E-state index in [1.807, 2.05) is 18.2 Å². The zero-order valence-corrected chi connectivity index (χ0v) is 15.4. The van der Waals surface area contributed by atoms with Crippen molar-refractivity contribution < 1.29 is 9.59 Å². The second-order valence-electron chi connectivity index (χ2n) is 8.48. The number of aromatic nitrogens is 1. The van der Waals surface area contributed by atoms with Crippen molar-refractivity contribution in [3.05, 3.63) is 47.3 Å². The summed E-state index contributed by atoms with van der Waals surface area (Å²) < 4.78 is 0. The molecular weight excluding hydrogens is 326 g/mol. The molecule has 5 heteroatoms. The first-order chi connectivity index (χ1) is 12.4. The minimum Gasteiger partial charge on any atom is -0.397 e. The predicted octanol–water partition coefficient (Wildman–Crippen LogP) is 3.34. The van der Waals surface area contributed by atoms with Crippen LogP contribution in [0.1, 0.15) is 57.4 Å². The number of anilines is 1. The van der Waals surface area contributed by atoms with Crippen LogP contribution in [0.15, 0.2) is 41.8 Å². The third-order valence-corrected chi connectivity index (χ3v) is 5.93. The summed E-state index contributed by atoms with van der Waals surface area (Å²) in [6.07, 6.45) is 11.3. The molecule has 2 aliphatic carbocycles. The molecule has 0 bridgehead atoms. The molecule has 0 saturated heterocycles. The van der Waals surface area contributed by atoms with Gasteiger partial charge in [0.1, 0.15) is 0 Å². The quantitative estimate of drug-likeness (QED) is 0.829. The molecule has 2 amide bonds. The number of carbonyl (C=O) groups is 2. The summed E-state index contributed by atoms with van der Waals surface area (Å²) in [5.74, 6) is 0.0177. The van der Waals surface area contributed by atoms with Gasteiger partial charge in [0.15, 0.2) is 0 Å². The first-order valence-electron chi connectivity index (χ1n) is 9.34. The van der Waals surface area contributed by atoms with Crippen molar-refractivity contribution in [2.75, 3.05) is 5.73 Å². The summed E-state index contributed by atoms with van der Waals surface area (Å²) in [6, 6.07) is 1.88. The number of nitrogens with two attached hydrogens (primary N) is 1. The van der Waals surface area contributed by atoms with Crippen LogP contribution >= 0.6 is 0 Å². The normalized spacial score (nSPS) is 27.8. The van der Waals surface area contributed by atoms with E-state index in [2.05, 4.69) is 18.8 Å². The van der Waals surface area contributed by atoms with Gasteiger partial charge in [-0.1, -0.05) is 26.0 Å². The van der Waals surface area contributed by atoms with Gasteiger partial charge in [-0.15, -0.1) is 0 Å². The molecule has 1 aliphatic heterocycles. The summed E-state index contributed by atoms with van der Waals surface area (Å²) in [7, 11) is 0. The number of amides is 2. The molecule has 2 unspecified atom stereocenters. The maximum atomic E-state index is 12.9. The van der Waals surface area contributed by atoms with Gasteiger partial charge < -0.3 is 5.73 Å². The van der Waals surface area contributed by atoms with Gasteiger partial charge in [-0.3, -0.25) is 19.5 Å². The molecule has 3 aliphatic rings. The zero-order chi connectivity index (χ0) is 18.5. The van der Waals surface area contributed by atoms with Crippen molar-refractivity contribution in [2.24, 2.45) is 5.41 Å². The van der Waals surface area contributed by atoms with Crippen LogP contribution in [0.3, 0.4) is 0 Å². The highest BCUT2D eigenvalue weighted by Crippen LogP contribution is 2.47. The van der Waals surface area contributed by atoms with Crippen LogP contribution in [-0.4, -0.2) is 27.7 Å². The van der Waals surface area contributed by atoms with Crippen molar-refractivity contribution in [1.82, 2.24) is 9.88 Å². The van der Waals surface area contributed by atoms with Crippen molar-refractivity contribution in [3.63, 3.8) is 0 Å². The zero-order valence-electron chi connectivity index (χ0n) is 15.4. The summed E-state index contributed by atoms with van der Waals surface area (Å²) >= 11 is 0. The molecule has 4 rings (SSSR count). The molecule has 26 heavy (non-hydrogen) atoms. The molecule has 2 heterocycles. The lowest BCUT2D eigenvalue weighted by Crippen LogP contribution is -2.47.